The average Bonchev–Trinajstić information content (AvgIpc) is 3.90. The highest BCUT2D eigenvalue weighted by Gasteiger charge is 2.51. The van der Waals surface area contributed by atoms with Crippen molar-refractivity contribution < 1.29 is 19.2 Å². The summed E-state index contributed by atoms with van der Waals surface area (Å²) < 4.78 is 1.85. The number of halogens is 2. The maximum absolute atomic E-state index is 13.4. The number of ketones is 1. The summed E-state index contributed by atoms with van der Waals surface area (Å²) in [5.41, 5.74) is 13.5. The van der Waals surface area contributed by atoms with Crippen LogP contribution in [0.5, 0.6) is 0 Å². The number of carbonyl (C=O) groups excluding carboxylic acids is 4. The summed E-state index contributed by atoms with van der Waals surface area (Å²) in [5, 5.41) is 2.27. The Hall–Kier alpha value is -6.12. The fourth-order valence-electron chi connectivity index (χ4n) is 7.13. The Morgan fingerprint density at radius 2 is 1.14 bits per heavy atom. The highest BCUT2D eigenvalue weighted by molar-refractivity contribution is 7.81. The van der Waals surface area contributed by atoms with Gasteiger partial charge in [0.2, 0.25) is 17.3 Å². The van der Waals surface area contributed by atoms with Crippen molar-refractivity contribution in [3.63, 3.8) is 0 Å². The van der Waals surface area contributed by atoms with Crippen LogP contribution in [-0.4, -0.2) is 54.8 Å². The van der Waals surface area contributed by atoms with Gasteiger partial charge in [0.05, 0.1) is 51.4 Å². The van der Waals surface area contributed by atoms with Gasteiger partial charge in [-0.3, -0.25) is 29.0 Å². The van der Waals surface area contributed by atoms with Crippen LogP contribution in [0.1, 0.15) is 45.5 Å². The molecule has 318 valence electrons. The molecule has 0 unspecified atom stereocenters. The fraction of sp³-hybridized carbons (Fsp3) is 0.209. The van der Waals surface area contributed by atoms with E-state index in [0.717, 1.165) is 20.6 Å². The molecule has 63 heavy (non-hydrogen) atoms. The van der Waals surface area contributed by atoms with Gasteiger partial charge in [0, 0.05) is 34.3 Å². The van der Waals surface area contributed by atoms with Gasteiger partial charge in [-0.25, -0.2) is 19.7 Å². The first kappa shape index (κ1) is 44.9. The second-order valence-electron chi connectivity index (χ2n) is 15.3. The second-order valence-corrected chi connectivity index (χ2v) is 19.0. The number of Topliss-reactive ketones (excluding diaryl/α,β-unsaturated/α-hetero) is 1. The zero-order valence-corrected chi connectivity index (χ0v) is 38.6. The number of rotatable bonds is 9. The van der Waals surface area contributed by atoms with Crippen LogP contribution in [-0.2, 0) is 25.6 Å². The number of carbonyl (C=O) groups is 4. The van der Waals surface area contributed by atoms with Gasteiger partial charge in [-0.15, -0.1) is 11.3 Å². The van der Waals surface area contributed by atoms with Crippen molar-refractivity contribution in [3.8, 4) is 0 Å². The van der Waals surface area contributed by atoms with E-state index in [-0.39, 0.29) is 52.0 Å². The summed E-state index contributed by atoms with van der Waals surface area (Å²) in [7, 11) is 0. The largest absolute Gasteiger partial charge is 0.375 e. The Kier molecular flexibility index (Phi) is 12.3. The number of benzene rings is 4. The van der Waals surface area contributed by atoms with Crippen molar-refractivity contribution in [1.29, 1.82) is 0 Å². The summed E-state index contributed by atoms with van der Waals surface area (Å²) >= 11 is 26.6. The molecule has 2 fully saturated rings. The third kappa shape index (κ3) is 8.41. The molecule has 2 saturated heterocycles. The summed E-state index contributed by atoms with van der Waals surface area (Å²) in [6.45, 7) is 21.5. The number of fused-ring (bicyclic) bond motifs is 2. The number of aromatic nitrogens is 2. The van der Waals surface area contributed by atoms with Crippen molar-refractivity contribution in [1.82, 2.24) is 9.97 Å². The molecule has 8 rings (SSSR count). The molecule has 0 radical (unpaired) electrons. The number of amides is 3. The monoisotopic (exact) mass is 952 g/mol. The minimum absolute atomic E-state index is 0.0196. The molecule has 14 nitrogen and oxygen atoms in total. The SMILES string of the molecule is [C-]#[N+]c1ccc(N2C(=O)C(C)(C)N(c3ccc4sc(CC(=O)CCC(N)=O)nc4c3)C2=S)cc1Cl.[C-]#[N+]c1ccc(N2C(=O)C(C)(C)N(c3ccc4sc(N)nc4c3)C2=S)cc1Cl. The maximum atomic E-state index is 13.4. The third-order valence-corrected chi connectivity index (χ3v) is 13.5. The van der Waals surface area contributed by atoms with Crippen molar-refractivity contribution in [2.24, 2.45) is 5.73 Å². The van der Waals surface area contributed by atoms with E-state index in [1.807, 2.05) is 50.2 Å². The van der Waals surface area contributed by atoms with E-state index >= 15 is 0 Å². The van der Waals surface area contributed by atoms with Gasteiger partial charge in [-0.05, 0) is 113 Å². The van der Waals surface area contributed by atoms with Crippen molar-refractivity contribution in [2.75, 3.05) is 25.3 Å². The molecule has 20 heteroatoms. The molecule has 3 amide bonds. The van der Waals surface area contributed by atoms with Crippen LogP contribution in [0.4, 0.5) is 39.3 Å². The predicted molar refractivity (Wildman–Crippen MR) is 260 cm³/mol. The number of hydrogen-bond donors (Lipinski definition) is 2. The first-order valence-corrected chi connectivity index (χ1v) is 22.0. The first-order valence-electron chi connectivity index (χ1n) is 18.8. The van der Waals surface area contributed by atoms with E-state index in [0.29, 0.717) is 49.2 Å². The van der Waals surface area contributed by atoms with Gasteiger partial charge < -0.3 is 21.3 Å². The van der Waals surface area contributed by atoms with E-state index < -0.39 is 17.0 Å². The van der Waals surface area contributed by atoms with Crippen molar-refractivity contribution in [3.05, 3.63) is 111 Å². The predicted octanol–water partition coefficient (Wildman–Crippen LogP) is 9.79. The molecule has 2 aromatic heterocycles. The number of thiocarbonyl (C=S) groups is 2. The lowest BCUT2D eigenvalue weighted by atomic mass is 10.0. The van der Waals surface area contributed by atoms with Gasteiger partial charge in [-0.2, -0.15) is 0 Å². The Balaban J connectivity index is 0.000000193. The van der Waals surface area contributed by atoms with E-state index in [4.69, 9.17) is 72.2 Å². The van der Waals surface area contributed by atoms with Gasteiger partial charge in [0.1, 0.15) is 21.9 Å². The van der Waals surface area contributed by atoms with Crippen LogP contribution in [0.15, 0.2) is 72.8 Å². The highest BCUT2D eigenvalue weighted by Crippen LogP contribution is 2.42. The molecule has 0 spiro atoms. The number of hydrogen-bond acceptors (Lipinski definition) is 11. The highest BCUT2D eigenvalue weighted by atomic mass is 35.5. The Labute approximate surface area is 390 Å². The standard InChI is InChI=1S/C24H20ClN5O3S2.C19H14ClN5OS2/c1-24(2)22(33)29(13-4-7-17(27-3)16(25)10-13)23(34)30(24)14-5-8-19-18(11-14)28-21(35-19)12-15(31)6-9-20(26)32;1-19(2)16(26)24(10-4-6-13(22-3)12(20)8-10)18(27)25(19)11-5-7-15-14(9-11)23-17(21)28-15/h4-5,7-8,10-11H,6,9,12H2,1-2H3,(H2,26,32);4-9H,1-2H3,(H2,21,23). The zero-order valence-electron chi connectivity index (χ0n) is 33.8. The number of thiazole rings is 2. The molecule has 6 aromatic rings. The molecular weight excluding hydrogens is 920 g/mol. The van der Waals surface area contributed by atoms with Crippen LogP contribution < -0.4 is 31.1 Å². The molecule has 0 atom stereocenters. The van der Waals surface area contributed by atoms with Crippen LogP contribution in [0.25, 0.3) is 30.1 Å². The molecule has 4 N–H and O–H groups in total. The van der Waals surface area contributed by atoms with E-state index in [2.05, 4.69) is 19.7 Å². The van der Waals surface area contributed by atoms with E-state index in [1.165, 1.54) is 32.5 Å². The molecular formula is C43H34Cl2N10O4S4. The van der Waals surface area contributed by atoms with E-state index in [9.17, 15) is 19.2 Å². The Bertz CT molecular complexity index is 3040. The zero-order chi connectivity index (χ0) is 45.7. The number of nitrogen functional groups attached to an aromatic ring is 1. The Morgan fingerprint density at radius 1 is 0.698 bits per heavy atom. The summed E-state index contributed by atoms with van der Waals surface area (Å²) in [6, 6.07) is 20.9. The van der Waals surface area contributed by atoms with Crippen molar-refractivity contribution >= 4 is 164 Å². The molecule has 2 aliphatic heterocycles. The quantitative estimate of drug-likeness (QED) is 0.105. The number of primary amides is 1. The molecule has 0 saturated carbocycles. The number of nitrogens with two attached hydrogens (primary N) is 2. The first-order chi connectivity index (χ1) is 29.8. The van der Waals surface area contributed by atoms with Crippen LogP contribution in [0.3, 0.4) is 0 Å². The van der Waals surface area contributed by atoms with Crippen LogP contribution >= 0.6 is 70.3 Å². The lowest BCUT2D eigenvalue weighted by molar-refractivity contribution is -0.123. The van der Waals surface area contributed by atoms with E-state index in [1.54, 1.807) is 60.0 Å². The second kappa shape index (κ2) is 17.2. The van der Waals surface area contributed by atoms with Crippen LogP contribution in [0.2, 0.25) is 10.0 Å². The molecule has 4 aromatic carbocycles. The lowest BCUT2D eigenvalue weighted by Crippen LogP contribution is -2.44. The lowest BCUT2D eigenvalue weighted by Gasteiger charge is -2.29. The topological polar surface area (TPSA) is 168 Å². The van der Waals surface area contributed by atoms with Gasteiger partial charge in [0.15, 0.2) is 15.4 Å². The summed E-state index contributed by atoms with van der Waals surface area (Å²) in [6.07, 6.45) is 0.237. The number of nitrogens with zero attached hydrogens (tertiary/aromatic N) is 8. The van der Waals surface area contributed by atoms with Crippen molar-refractivity contribution in [2.45, 2.75) is 58.0 Å². The molecule has 4 heterocycles. The fourth-order valence-corrected chi connectivity index (χ4v) is 10.3. The van der Waals surface area contributed by atoms with Crippen LogP contribution in [0, 0.1) is 13.1 Å². The molecule has 0 bridgehead atoms. The summed E-state index contributed by atoms with van der Waals surface area (Å²) in [4.78, 5) is 71.7. The molecule has 2 aliphatic rings. The minimum atomic E-state index is -0.987. The van der Waals surface area contributed by atoms with Gasteiger partial charge in [0.25, 0.3) is 11.8 Å². The summed E-state index contributed by atoms with van der Waals surface area (Å²) in [5.74, 6) is -1.02. The third-order valence-electron chi connectivity index (χ3n) is 10.3. The minimum Gasteiger partial charge on any atom is -0.375 e. The normalized spacial score (nSPS) is 15.5. The maximum Gasteiger partial charge on any atom is 0.259 e. The number of anilines is 5. The van der Waals surface area contributed by atoms with Gasteiger partial charge >= 0.3 is 0 Å². The average molecular weight is 954 g/mol. The smallest absolute Gasteiger partial charge is 0.259 e. The van der Waals surface area contributed by atoms with Gasteiger partial charge in [-0.1, -0.05) is 46.7 Å². The molecule has 0 aliphatic carbocycles. The Morgan fingerprint density at radius 3 is 1.59 bits per heavy atom.